The van der Waals surface area contributed by atoms with Gasteiger partial charge in [-0.3, -0.25) is 19.3 Å². The van der Waals surface area contributed by atoms with Gasteiger partial charge < -0.3 is 10.3 Å². The number of nitrogens with one attached hydrogen (secondary N) is 3. The summed E-state index contributed by atoms with van der Waals surface area (Å²) in [5.74, 6) is 1.16. The number of nitrogens with zero attached hydrogens (tertiary/aromatic N) is 3. The van der Waals surface area contributed by atoms with Crippen LogP contribution in [0.4, 0.5) is 0 Å². The van der Waals surface area contributed by atoms with E-state index in [1.807, 2.05) is 18.4 Å². The van der Waals surface area contributed by atoms with E-state index in [4.69, 9.17) is 12.2 Å². The van der Waals surface area contributed by atoms with Gasteiger partial charge in [-0.05, 0) is 44.5 Å². The van der Waals surface area contributed by atoms with Gasteiger partial charge in [0, 0.05) is 23.8 Å². The van der Waals surface area contributed by atoms with E-state index in [1.54, 1.807) is 0 Å². The highest BCUT2D eigenvalue weighted by molar-refractivity contribution is 7.71. The van der Waals surface area contributed by atoms with Crippen LogP contribution in [0.1, 0.15) is 47.4 Å². The quantitative estimate of drug-likeness (QED) is 0.547. The number of thiophene rings is 1. The predicted molar refractivity (Wildman–Crippen MR) is 106 cm³/mol. The lowest BCUT2D eigenvalue weighted by molar-refractivity contribution is -0.121. The minimum atomic E-state index is -0.141. The van der Waals surface area contributed by atoms with E-state index < -0.39 is 0 Å². The largest absolute Gasteiger partial charge is 0.349 e. The Morgan fingerprint density at radius 3 is 2.93 bits per heavy atom. The molecule has 3 heterocycles. The van der Waals surface area contributed by atoms with Gasteiger partial charge in [0.2, 0.25) is 5.91 Å². The first kappa shape index (κ1) is 18.1. The van der Waals surface area contributed by atoms with E-state index in [0.717, 1.165) is 33.9 Å². The molecule has 3 aromatic rings. The third-order valence-electron chi connectivity index (χ3n) is 4.81. The Morgan fingerprint density at radius 1 is 1.41 bits per heavy atom. The van der Waals surface area contributed by atoms with Gasteiger partial charge in [0.15, 0.2) is 10.6 Å². The molecule has 8 nitrogen and oxygen atoms in total. The molecule has 1 saturated carbocycles. The molecule has 0 aliphatic heterocycles. The lowest BCUT2D eigenvalue weighted by atomic mass is 10.2. The van der Waals surface area contributed by atoms with Crippen LogP contribution in [-0.2, 0) is 17.8 Å². The molecule has 142 valence electrons. The lowest BCUT2D eigenvalue weighted by Crippen LogP contribution is -2.25. The predicted octanol–water partition coefficient (Wildman–Crippen LogP) is 2.44. The summed E-state index contributed by atoms with van der Waals surface area (Å²) in [7, 11) is 0. The van der Waals surface area contributed by atoms with Crippen LogP contribution in [0, 0.1) is 18.6 Å². The lowest BCUT2D eigenvalue weighted by Gasteiger charge is -2.07. The number of fused-ring (bicyclic) bond motifs is 1. The van der Waals surface area contributed by atoms with Crippen LogP contribution < -0.4 is 10.9 Å². The summed E-state index contributed by atoms with van der Waals surface area (Å²) in [6.07, 6.45) is 2.81. The average molecular weight is 405 g/mol. The maximum absolute atomic E-state index is 12.3. The smallest absolute Gasteiger partial charge is 0.259 e. The number of amides is 1. The Balaban J connectivity index is 1.39. The van der Waals surface area contributed by atoms with E-state index in [1.165, 1.54) is 11.3 Å². The van der Waals surface area contributed by atoms with Crippen molar-refractivity contribution in [3.8, 4) is 0 Å². The maximum Gasteiger partial charge on any atom is 0.259 e. The molecule has 27 heavy (non-hydrogen) atoms. The molecule has 1 aliphatic carbocycles. The fourth-order valence-electron chi connectivity index (χ4n) is 3.09. The first-order valence-electron chi connectivity index (χ1n) is 8.85. The number of hydrogen-bond donors (Lipinski definition) is 3. The van der Waals surface area contributed by atoms with Crippen LogP contribution in [0.3, 0.4) is 0 Å². The third kappa shape index (κ3) is 3.59. The van der Waals surface area contributed by atoms with E-state index in [0.29, 0.717) is 35.0 Å². The van der Waals surface area contributed by atoms with Gasteiger partial charge in [0.25, 0.3) is 5.56 Å². The standard InChI is InChI=1S/C17H20N6O2S2/c1-8-9(2)27-16-14(8)15(25)19-11(20-16)5-6-13(24)18-7-12-21-22-17(26)23(12)10-3-4-10/h10H,3-7H2,1-2H3,(H,18,24)(H,22,26)(H,19,20,25). The second-order valence-electron chi connectivity index (χ2n) is 6.80. The Morgan fingerprint density at radius 2 is 2.19 bits per heavy atom. The zero-order valence-corrected chi connectivity index (χ0v) is 16.7. The maximum atomic E-state index is 12.3. The average Bonchev–Trinajstić information content (AvgIpc) is 3.33. The van der Waals surface area contributed by atoms with Gasteiger partial charge in [-0.25, -0.2) is 4.98 Å². The Kier molecular flexibility index (Phi) is 4.68. The van der Waals surface area contributed by atoms with E-state index in [2.05, 4.69) is 25.5 Å². The molecular formula is C17H20N6O2S2. The molecule has 1 fully saturated rings. The van der Waals surface area contributed by atoms with Crippen molar-refractivity contribution in [1.29, 1.82) is 0 Å². The minimum absolute atomic E-state index is 0.118. The van der Waals surface area contributed by atoms with E-state index >= 15 is 0 Å². The molecule has 0 unspecified atom stereocenters. The molecule has 1 amide bonds. The van der Waals surface area contributed by atoms with Crippen LogP contribution in [0.5, 0.6) is 0 Å². The third-order valence-corrected chi connectivity index (χ3v) is 6.20. The molecule has 4 rings (SSSR count). The minimum Gasteiger partial charge on any atom is -0.349 e. The highest BCUT2D eigenvalue weighted by atomic mass is 32.1. The number of carbonyl (C=O) groups is 1. The molecule has 1 aliphatic rings. The molecule has 0 spiro atoms. The number of aryl methyl sites for hydroxylation is 3. The van der Waals surface area contributed by atoms with Crippen molar-refractivity contribution in [3.63, 3.8) is 0 Å². The summed E-state index contributed by atoms with van der Waals surface area (Å²) >= 11 is 6.74. The van der Waals surface area contributed by atoms with E-state index in [-0.39, 0.29) is 17.9 Å². The van der Waals surface area contributed by atoms with Crippen molar-refractivity contribution >= 4 is 39.7 Å². The molecule has 0 aromatic carbocycles. The van der Waals surface area contributed by atoms with E-state index in [9.17, 15) is 9.59 Å². The SMILES string of the molecule is Cc1sc2nc(CCC(=O)NCc3n[nH]c(=S)n3C3CC3)[nH]c(=O)c2c1C. The fourth-order valence-corrected chi connectivity index (χ4v) is 4.44. The topological polar surface area (TPSA) is 108 Å². The number of hydrogen-bond acceptors (Lipinski definition) is 6. The second kappa shape index (κ2) is 7.01. The molecule has 0 bridgehead atoms. The van der Waals surface area contributed by atoms with Crippen LogP contribution >= 0.6 is 23.6 Å². The second-order valence-corrected chi connectivity index (χ2v) is 8.39. The summed E-state index contributed by atoms with van der Waals surface area (Å²) in [6.45, 7) is 4.23. The molecule has 0 saturated heterocycles. The van der Waals surface area contributed by atoms with Crippen LogP contribution in [-0.4, -0.2) is 30.6 Å². The molecule has 10 heteroatoms. The zero-order valence-electron chi connectivity index (χ0n) is 15.1. The molecule has 3 aromatic heterocycles. The number of rotatable bonds is 6. The van der Waals surface area contributed by atoms with Gasteiger partial charge >= 0.3 is 0 Å². The van der Waals surface area contributed by atoms with Gasteiger partial charge in [-0.15, -0.1) is 11.3 Å². The Hall–Kier alpha value is -2.33. The summed E-state index contributed by atoms with van der Waals surface area (Å²) < 4.78 is 2.57. The van der Waals surface area contributed by atoms with Crippen molar-refractivity contribution in [2.75, 3.05) is 0 Å². The first-order valence-corrected chi connectivity index (χ1v) is 10.1. The van der Waals surface area contributed by atoms with Crippen molar-refractivity contribution in [3.05, 3.63) is 37.2 Å². The van der Waals surface area contributed by atoms with Gasteiger partial charge in [0.05, 0.1) is 11.9 Å². The van der Waals surface area contributed by atoms with Crippen molar-refractivity contribution < 1.29 is 4.79 Å². The molecule has 3 N–H and O–H groups in total. The van der Waals surface area contributed by atoms with Crippen LogP contribution in [0.15, 0.2) is 4.79 Å². The molecule has 0 radical (unpaired) electrons. The first-order chi connectivity index (χ1) is 12.9. The molecule has 0 atom stereocenters. The van der Waals surface area contributed by atoms with Gasteiger partial charge in [-0.1, -0.05) is 0 Å². The van der Waals surface area contributed by atoms with Crippen molar-refractivity contribution in [2.45, 2.75) is 52.1 Å². The van der Waals surface area contributed by atoms with Crippen molar-refractivity contribution in [1.82, 2.24) is 30.0 Å². The summed E-state index contributed by atoms with van der Waals surface area (Å²) in [6, 6.07) is 0.405. The Bertz CT molecular complexity index is 1130. The van der Waals surface area contributed by atoms with Crippen LogP contribution in [0.2, 0.25) is 0 Å². The van der Waals surface area contributed by atoms with Crippen molar-refractivity contribution in [2.24, 2.45) is 0 Å². The summed E-state index contributed by atoms with van der Waals surface area (Å²) in [4.78, 5) is 33.6. The summed E-state index contributed by atoms with van der Waals surface area (Å²) in [5.41, 5.74) is 0.828. The monoisotopic (exact) mass is 404 g/mol. The number of carbonyl (C=O) groups excluding carboxylic acids is 1. The Labute approximate surface area is 164 Å². The number of aromatic amines is 2. The number of H-pyrrole nitrogens is 2. The van der Waals surface area contributed by atoms with Crippen LogP contribution in [0.25, 0.3) is 10.2 Å². The summed E-state index contributed by atoms with van der Waals surface area (Å²) in [5, 5.41) is 10.5. The van der Waals surface area contributed by atoms with Gasteiger partial charge in [0.1, 0.15) is 10.7 Å². The van der Waals surface area contributed by atoms with Gasteiger partial charge in [-0.2, -0.15) is 5.10 Å². The highest BCUT2D eigenvalue weighted by Gasteiger charge is 2.27. The fraction of sp³-hybridized carbons (Fsp3) is 0.471. The zero-order chi connectivity index (χ0) is 19.1. The normalized spacial score (nSPS) is 14.0. The highest BCUT2D eigenvalue weighted by Crippen LogP contribution is 2.35. The molecular weight excluding hydrogens is 384 g/mol. The number of aromatic nitrogens is 5.